The van der Waals surface area contributed by atoms with Crippen molar-refractivity contribution in [2.75, 3.05) is 13.1 Å². The van der Waals surface area contributed by atoms with Gasteiger partial charge in [0.1, 0.15) is 0 Å². The van der Waals surface area contributed by atoms with Gasteiger partial charge in [-0.1, -0.05) is 35.9 Å². The second-order valence-electron chi connectivity index (χ2n) is 7.45. The van der Waals surface area contributed by atoms with Gasteiger partial charge in [-0.05, 0) is 48.7 Å². The molecule has 0 fully saturated rings. The van der Waals surface area contributed by atoms with Crippen molar-refractivity contribution in [2.45, 2.75) is 26.2 Å². The van der Waals surface area contributed by atoms with E-state index in [1.165, 1.54) is 27.6 Å². The number of carbonyl (C=O) groups excluding carboxylic acids is 2. The first-order valence-corrected chi connectivity index (χ1v) is 10.2. The summed E-state index contributed by atoms with van der Waals surface area (Å²) in [5, 5.41) is 1.82. The van der Waals surface area contributed by atoms with E-state index in [9.17, 15) is 9.59 Å². The Bertz CT molecular complexity index is 1100. The number of aromatic nitrogens is 1. The first-order chi connectivity index (χ1) is 14.0. The van der Waals surface area contributed by atoms with E-state index >= 15 is 0 Å². The number of rotatable bonds is 5. The molecule has 0 spiro atoms. The number of fused-ring (bicyclic) bond motifs is 1. The van der Waals surface area contributed by atoms with Crippen LogP contribution in [0.1, 0.15) is 40.7 Å². The van der Waals surface area contributed by atoms with Gasteiger partial charge in [0.25, 0.3) is 0 Å². The second kappa shape index (κ2) is 8.26. The lowest BCUT2D eigenvalue weighted by atomic mass is 9.98. The molecule has 2 aromatic carbocycles. The predicted molar refractivity (Wildman–Crippen MR) is 117 cm³/mol. The van der Waals surface area contributed by atoms with Crippen LogP contribution in [-0.2, 0) is 4.79 Å². The summed E-state index contributed by atoms with van der Waals surface area (Å²) in [6, 6.07) is 13.1. The van der Waals surface area contributed by atoms with Crippen LogP contribution in [0, 0.1) is 6.92 Å². The van der Waals surface area contributed by atoms with Crippen LogP contribution in [-0.4, -0.2) is 34.7 Å². The van der Waals surface area contributed by atoms with Gasteiger partial charge in [0, 0.05) is 59.2 Å². The SMILES string of the molecule is Cc1cccc2c(C3=CCN(C(=O)CCC(=O)c4ccc(Cl)cc4)CC3)c[nH]c12. The molecule has 0 saturated heterocycles. The lowest BCUT2D eigenvalue weighted by molar-refractivity contribution is -0.130. The maximum Gasteiger partial charge on any atom is 0.223 e. The monoisotopic (exact) mass is 406 g/mol. The third kappa shape index (κ3) is 4.13. The standard InChI is InChI=1S/C24H23ClN2O2/c1-16-3-2-4-20-21(15-26-24(16)20)17-11-13-27(14-12-17)23(29)10-9-22(28)18-5-7-19(25)8-6-18/h2-8,11,15,26H,9-10,12-14H2,1H3. The molecule has 1 aliphatic heterocycles. The first-order valence-electron chi connectivity index (χ1n) is 9.85. The Morgan fingerprint density at radius 2 is 1.90 bits per heavy atom. The Kier molecular flexibility index (Phi) is 5.54. The molecule has 0 saturated carbocycles. The number of carbonyl (C=O) groups is 2. The van der Waals surface area contributed by atoms with Crippen molar-refractivity contribution < 1.29 is 9.59 Å². The number of halogens is 1. The van der Waals surface area contributed by atoms with Gasteiger partial charge in [-0.15, -0.1) is 0 Å². The van der Waals surface area contributed by atoms with Gasteiger partial charge in [0.05, 0.1) is 0 Å². The molecule has 1 amide bonds. The van der Waals surface area contributed by atoms with Crippen molar-refractivity contribution in [2.24, 2.45) is 0 Å². The topological polar surface area (TPSA) is 53.2 Å². The highest BCUT2D eigenvalue weighted by atomic mass is 35.5. The number of aromatic amines is 1. The number of Topliss-reactive ketones (excluding diaryl/α,β-unsaturated/α-hetero) is 1. The molecule has 3 aromatic rings. The summed E-state index contributed by atoms with van der Waals surface area (Å²) < 4.78 is 0. The molecule has 2 heterocycles. The molecule has 0 bridgehead atoms. The third-order valence-electron chi connectivity index (χ3n) is 5.56. The maximum absolute atomic E-state index is 12.6. The Balaban J connectivity index is 1.37. The molecule has 1 N–H and O–H groups in total. The van der Waals surface area contributed by atoms with E-state index in [2.05, 4.69) is 42.4 Å². The number of hydrogen-bond acceptors (Lipinski definition) is 2. The zero-order valence-corrected chi connectivity index (χ0v) is 17.1. The molecule has 29 heavy (non-hydrogen) atoms. The first kappa shape index (κ1) is 19.5. The van der Waals surface area contributed by atoms with Crippen LogP contribution in [0.25, 0.3) is 16.5 Å². The number of aryl methyl sites for hydroxylation is 1. The van der Waals surface area contributed by atoms with Crippen molar-refractivity contribution >= 4 is 39.8 Å². The third-order valence-corrected chi connectivity index (χ3v) is 5.82. The molecule has 1 aliphatic rings. The van der Waals surface area contributed by atoms with Crippen LogP contribution in [0.4, 0.5) is 0 Å². The van der Waals surface area contributed by atoms with Crippen LogP contribution in [0.3, 0.4) is 0 Å². The normalized spacial score (nSPS) is 14.1. The molecule has 0 radical (unpaired) electrons. The van der Waals surface area contributed by atoms with E-state index in [4.69, 9.17) is 11.6 Å². The summed E-state index contributed by atoms with van der Waals surface area (Å²) in [6.45, 7) is 3.36. The van der Waals surface area contributed by atoms with E-state index < -0.39 is 0 Å². The fourth-order valence-corrected chi connectivity index (χ4v) is 4.00. The Hall–Kier alpha value is -2.85. The Morgan fingerprint density at radius 3 is 2.62 bits per heavy atom. The summed E-state index contributed by atoms with van der Waals surface area (Å²) in [5.41, 5.74) is 5.48. The molecule has 0 unspecified atom stereocenters. The van der Waals surface area contributed by atoms with Crippen LogP contribution in [0.2, 0.25) is 5.02 Å². The van der Waals surface area contributed by atoms with Gasteiger partial charge >= 0.3 is 0 Å². The molecule has 5 heteroatoms. The number of H-pyrrole nitrogens is 1. The van der Waals surface area contributed by atoms with E-state index in [0.717, 1.165) is 6.42 Å². The summed E-state index contributed by atoms with van der Waals surface area (Å²) in [6.07, 6.45) is 5.46. The predicted octanol–water partition coefficient (Wildman–Crippen LogP) is 5.41. The molecule has 4 nitrogen and oxygen atoms in total. The Labute approximate surface area is 175 Å². The molecule has 1 aromatic heterocycles. The average Bonchev–Trinajstić information content (AvgIpc) is 3.18. The maximum atomic E-state index is 12.6. The molecular formula is C24H23ClN2O2. The van der Waals surface area contributed by atoms with E-state index in [-0.39, 0.29) is 24.5 Å². The van der Waals surface area contributed by atoms with Crippen molar-refractivity contribution in [3.8, 4) is 0 Å². The molecule has 0 atom stereocenters. The smallest absolute Gasteiger partial charge is 0.223 e. The van der Waals surface area contributed by atoms with Gasteiger partial charge in [0.15, 0.2) is 5.78 Å². The van der Waals surface area contributed by atoms with E-state index in [0.29, 0.717) is 23.7 Å². The second-order valence-corrected chi connectivity index (χ2v) is 7.89. The van der Waals surface area contributed by atoms with Crippen LogP contribution < -0.4 is 0 Å². The zero-order valence-electron chi connectivity index (χ0n) is 16.4. The van der Waals surface area contributed by atoms with Gasteiger partial charge in [-0.3, -0.25) is 9.59 Å². The van der Waals surface area contributed by atoms with Crippen LogP contribution in [0.5, 0.6) is 0 Å². The Morgan fingerprint density at radius 1 is 1.10 bits per heavy atom. The minimum atomic E-state index is -0.0302. The number of nitrogens with one attached hydrogen (secondary N) is 1. The number of nitrogens with zero attached hydrogens (tertiary/aromatic N) is 1. The van der Waals surface area contributed by atoms with Crippen molar-refractivity contribution in [1.82, 2.24) is 9.88 Å². The molecule has 4 rings (SSSR count). The summed E-state index contributed by atoms with van der Waals surface area (Å²) in [4.78, 5) is 30.0. The molecule has 148 valence electrons. The van der Waals surface area contributed by atoms with Crippen molar-refractivity contribution in [1.29, 1.82) is 0 Å². The number of para-hydroxylation sites is 1. The van der Waals surface area contributed by atoms with Gasteiger partial charge in [-0.25, -0.2) is 0 Å². The van der Waals surface area contributed by atoms with Gasteiger partial charge in [-0.2, -0.15) is 0 Å². The van der Waals surface area contributed by atoms with Gasteiger partial charge < -0.3 is 9.88 Å². The fourth-order valence-electron chi connectivity index (χ4n) is 3.87. The van der Waals surface area contributed by atoms with Crippen molar-refractivity contribution in [3.05, 3.63) is 76.5 Å². The highest BCUT2D eigenvalue weighted by molar-refractivity contribution is 6.30. The van der Waals surface area contributed by atoms with Crippen LogP contribution >= 0.6 is 11.6 Å². The highest BCUT2D eigenvalue weighted by Crippen LogP contribution is 2.30. The lowest BCUT2D eigenvalue weighted by Crippen LogP contribution is -2.34. The number of ketones is 1. The van der Waals surface area contributed by atoms with E-state index in [1.54, 1.807) is 24.3 Å². The highest BCUT2D eigenvalue weighted by Gasteiger charge is 2.20. The minimum absolute atomic E-state index is 0.0254. The van der Waals surface area contributed by atoms with Gasteiger partial charge in [0.2, 0.25) is 5.91 Å². The summed E-state index contributed by atoms with van der Waals surface area (Å²) >= 11 is 5.85. The summed E-state index contributed by atoms with van der Waals surface area (Å²) in [7, 11) is 0. The van der Waals surface area contributed by atoms with Crippen molar-refractivity contribution in [3.63, 3.8) is 0 Å². The number of hydrogen-bond donors (Lipinski definition) is 1. The van der Waals surface area contributed by atoms with Crippen LogP contribution in [0.15, 0.2) is 54.7 Å². The number of benzene rings is 2. The molecular weight excluding hydrogens is 384 g/mol. The fraction of sp³-hybridized carbons (Fsp3) is 0.250. The number of amides is 1. The quantitative estimate of drug-likeness (QED) is 0.576. The summed E-state index contributed by atoms with van der Waals surface area (Å²) in [5.74, 6) is -0.00481. The minimum Gasteiger partial charge on any atom is -0.360 e. The largest absolute Gasteiger partial charge is 0.360 e. The lowest BCUT2D eigenvalue weighted by Gasteiger charge is -2.26. The van der Waals surface area contributed by atoms with E-state index in [1.807, 2.05) is 4.90 Å². The average molecular weight is 407 g/mol. The zero-order chi connectivity index (χ0) is 20.4. The molecule has 0 aliphatic carbocycles.